The van der Waals surface area contributed by atoms with Crippen molar-refractivity contribution in [1.29, 1.82) is 0 Å². The van der Waals surface area contributed by atoms with Gasteiger partial charge in [-0.3, -0.25) is 9.89 Å². The molecule has 188 valence electrons. The second-order valence-electron chi connectivity index (χ2n) is 9.35. The molecule has 1 unspecified atom stereocenters. The summed E-state index contributed by atoms with van der Waals surface area (Å²) in [5.41, 5.74) is -0.497. The van der Waals surface area contributed by atoms with Crippen molar-refractivity contribution in [2.75, 3.05) is 59.0 Å². The Morgan fingerprint density at radius 2 is 2.06 bits per heavy atom. The number of halogens is 1. The number of rotatable bonds is 8. The molecule has 10 heteroatoms. The molecule has 33 heavy (non-hydrogen) atoms. The van der Waals surface area contributed by atoms with Crippen LogP contribution in [0.2, 0.25) is 0 Å². The Hall–Kier alpha value is -1.53. The summed E-state index contributed by atoms with van der Waals surface area (Å²) in [4.78, 5) is 21.7. The van der Waals surface area contributed by atoms with Crippen molar-refractivity contribution in [1.82, 2.24) is 20.4 Å². The van der Waals surface area contributed by atoms with Crippen molar-refractivity contribution >= 4 is 36.0 Å². The predicted molar refractivity (Wildman–Crippen MR) is 139 cm³/mol. The van der Waals surface area contributed by atoms with E-state index in [1.54, 1.807) is 6.26 Å². The summed E-state index contributed by atoms with van der Waals surface area (Å²) in [7, 11) is 0. The zero-order chi connectivity index (χ0) is 22.8. The maximum absolute atomic E-state index is 12.1. The van der Waals surface area contributed by atoms with E-state index in [1.807, 2.05) is 32.9 Å². The van der Waals surface area contributed by atoms with Gasteiger partial charge in [0, 0.05) is 52.2 Å². The quantitative estimate of drug-likeness (QED) is 0.213. The fourth-order valence-corrected chi connectivity index (χ4v) is 3.87. The van der Waals surface area contributed by atoms with Crippen molar-refractivity contribution < 1.29 is 18.7 Å². The highest BCUT2D eigenvalue weighted by Gasteiger charge is 2.28. The van der Waals surface area contributed by atoms with Gasteiger partial charge in [0.25, 0.3) is 0 Å². The molecule has 2 aliphatic rings. The van der Waals surface area contributed by atoms with Gasteiger partial charge in [-0.2, -0.15) is 0 Å². The predicted octanol–water partition coefficient (Wildman–Crippen LogP) is 2.71. The lowest BCUT2D eigenvalue weighted by Crippen LogP contribution is -2.44. The van der Waals surface area contributed by atoms with Gasteiger partial charge in [0.1, 0.15) is 11.4 Å². The third-order valence-corrected chi connectivity index (χ3v) is 5.44. The zero-order valence-electron chi connectivity index (χ0n) is 20.2. The minimum absolute atomic E-state index is 0. The molecule has 2 saturated heterocycles. The molecule has 1 aromatic heterocycles. The van der Waals surface area contributed by atoms with E-state index in [4.69, 9.17) is 18.9 Å². The second-order valence-corrected chi connectivity index (χ2v) is 9.35. The van der Waals surface area contributed by atoms with E-state index < -0.39 is 5.60 Å². The van der Waals surface area contributed by atoms with Crippen LogP contribution in [0.1, 0.15) is 39.4 Å². The van der Waals surface area contributed by atoms with Crippen LogP contribution < -0.4 is 10.6 Å². The highest BCUT2D eigenvalue weighted by molar-refractivity contribution is 14.0. The zero-order valence-corrected chi connectivity index (χ0v) is 22.5. The number of furan rings is 1. The average molecular weight is 578 g/mol. The molecule has 2 fully saturated rings. The molecule has 0 spiro atoms. The summed E-state index contributed by atoms with van der Waals surface area (Å²) in [5.74, 6) is 1.85. The van der Waals surface area contributed by atoms with Gasteiger partial charge in [0.05, 0.1) is 25.5 Å². The summed E-state index contributed by atoms with van der Waals surface area (Å²) in [5, 5.41) is 6.48. The Kier molecular flexibility index (Phi) is 11.8. The van der Waals surface area contributed by atoms with Crippen molar-refractivity contribution in [3.05, 3.63) is 24.2 Å². The molecule has 3 rings (SSSR count). The number of carbonyl (C=O) groups is 1. The second kappa shape index (κ2) is 14.0. The largest absolute Gasteiger partial charge is 0.469 e. The van der Waals surface area contributed by atoms with Gasteiger partial charge in [-0.15, -0.1) is 24.0 Å². The Labute approximate surface area is 214 Å². The first-order chi connectivity index (χ1) is 15.4. The number of hydrogen-bond donors (Lipinski definition) is 2. The normalized spacial score (nSPS) is 19.8. The molecule has 0 aliphatic carbocycles. The van der Waals surface area contributed by atoms with E-state index in [-0.39, 0.29) is 36.1 Å². The lowest BCUT2D eigenvalue weighted by atomic mass is 10.2. The molecule has 1 aromatic rings. The number of carbonyl (C=O) groups excluding carboxylic acids is 1. The van der Waals surface area contributed by atoms with Crippen LogP contribution in [-0.2, 0) is 15.9 Å². The topological polar surface area (TPSA) is 91.6 Å². The van der Waals surface area contributed by atoms with Crippen LogP contribution in [-0.4, -0.2) is 92.5 Å². The summed E-state index contributed by atoms with van der Waals surface area (Å²) >= 11 is 0. The molecule has 1 atom stereocenters. The van der Waals surface area contributed by atoms with E-state index in [1.165, 1.54) is 0 Å². The summed E-state index contributed by atoms with van der Waals surface area (Å²) in [6.45, 7) is 13.4. The van der Waals surface area contributed by atoms with Crippen LogP contribution in [0.15, 0.2) is 27.8 Å². The number of guanidine groups is 1. The first kappa shape index (κ1) is 27.7. The molecule has 0 radical (unpaired) electrons. The molecule has 0 saturated carbocycles. The van der Waals surface area contributed by atoms with E-state index in [9.17, 15) is 4.79 Å². The van der Waals surface area contributed by atoms with Crippen LogP contribution in [0.5, 0.6) is 0 Å². The Morgan fingerprint density at radius 3 is 2.76 bits per heavy atom. The summed E-state index contributed by atoms with van der Waals surface area (Å²) in [6.07, 6.45) is 4.01. The minimum Gasteiger partial charge on any atom is -0.469 e. The number of ether oxygens (including phenoxy) is 2. The maximum Gasteiger partial charge on any atom is 0.407 e. The Balaban J connectivity index is 0.00000385. The number of alkyl carbamates (subject to hydrolysis) is 1. The van der Waals surface area contributed by atoms with Gasteiger partial charge in [0.15, 0.2) is 5.96 Å². The highest BCUT2D eigenvalue weighted by Crippen LogP contribution is 2.12. The molecule has 2 N–H and O–H groups in total. The Morgan fingerprint density at radius 1 is 1.27 bits per heavy atom. The van der Waals surface area contributed by atoms with Gasteiger partial charge in [-0.25, -0.2) is 4.79 Å². The molecule has 9 nitrogen and oxygen atoms in total. The third-order valence-electron chi connectivity index (χ3n) is 5.44. The summed E-state index contributed by atoms with van der Waals surface area (Å²) in [6, 6.07) is 3.94. The molecule has 0 aromatic carbocycles. The third kappa shape index (κ3) is 10.5. The number of nitrogens with zero attached hydrogens (tertiary/aromatic N) is 3. The number of likely N-dealkylation sites (tertiary alicyclic amines) is 1. The van der Waals surface area contributed by atoms with E-state index in [0.29, 0.717) is 0 Å². The molecule has 0 bridgehead atoms. The number of hydrogen-bond acceptors (Lipinski definition) is 6. The molecule has 3 heterocycles. The van der Waals surface area contributed by atoms with Crippen LogP contribution in [0.4, 0.5) is 4.79 Å². The van der Waals surface area contributed by atoms with Crippen molar-refractivity contribution in [3.63, 3.8) is 0 Å². The van der Waals surface area contributed by atoms with Crippen molar-refractivity contribution in [3.8, 4) is 0 Å². The highest BCUT2D eigenvalue weighted by atomic mass is 127. The monoisotopic (exact) mass is 577 g/mol. The molecule has 1 amide bonds. The number of morpholine rings is 1. The first-order valence-electron chi connectivity index (χ1n) is 11.7. The van der Waals surface area contributed by atoms with Gasteiger partial charge in [-0.1, -0.05) is 0 Å². The van der Waals surface area contributed by atoms with Crippen LogP contribution in [0.3, 0.4) is 0 Å². The van der Waals surface area contributed by atoms with E-state index in [0.717, 1.165) is 90.0 Å². The van der Waals surface area contributed by atoms with Crippen LogP contribution >= 0.6 is 24.0 Å². The lowest BCUT2D eigenvalue weighted by Gasteiger charge is -2.26. The van der Waals surface area contributed by atoms with Gasteiger partial charge < -0.3 is 29.4 Å². The van der Waals surface area contributed by atoms with Crippen LogP contribution in [0.25, 0.3) is 0 Å². The van der Waals surface area contributed by atoms with E-state index in [2.05, 4.69) is 20.4 Å². The standard InChI is InChI=1S/C23H39N5O4.HI/c1-23(2,3)32-22(29)26-19-8-12-28(18-19)21(25-10-7-20-6-4-15-31-20)24-9-5-11-27-13-16-30-17-14-27;/h4,6,15,19H,5,7-14,16-18H2,1-3H3,(H,24,25)(H,26,29);1H. The minimum atomic E-state index is -0.497. The number of nitrogens with one attached hydrogen (secondary N) is 2. The Bertz CT molecular complexity index is 717. The molecular weight excluding hydrogens is 537 g/mol. The fourth-order valence-electron chi connectivity index (χ4n) is 3.87. The SMILES string of the molecule is CC(C)(C)OC(=O)NC1CCN(C(=NCCCN2CCOCC2)NCCc2ccco2)C1.I. The smallest absolute Gasteiger partial charge is 0.407 e. The maximum atomic E-state index is 12.1. The van der Waals surface area contributed by atoms with E-state index >= 15 is 0 Å². The van der Waals surface area contributed by atoms with Gasteiger partial charge in [0.2, 0.25) is 0 Å². The number of amides is 1. The summed E-state index contributed by atoms with van der Waals surface area (Å²) < 4.78 is 16.3. The lowest BCUT2D eigenvalue weighted by molar-refractivity contribution is 0.0377. The van der Waals surface area contributed by atoms with Crippen LogP contribution in [0, 0.1) is 0 Å². The first-order valence-corrected chi connectivity index (χ1v) is 11.7. The fraction of sp³-hybridized carbons (Fsp3) is 0.739. The van der Waals surface area contributed by atoms with Gasteiger partial charge in [-0.05, 0) is 45.7 Å². The van der Waals surface area contributed by atoms with Crippen molar-refractivity contribution in [2.24, 2.45) is 4.99 Å². The average Bonchev–Trinajstić information content (AvgIpc) is 3.41. The van der Waals surface area contributed by atoms with Gasteiger partial charge >= 0.3 is 6.09 Å². The van der Waals surface area contributed by atoms with Crippen molar-refractivity contribution in [2.45, 2.75) is 51.7 Å². The molecular formula is C23H40IN5O4. The number of aliphatic imine (C=N–C) groups is 1. The molecule has 2 aliphatic heterocycles.